The minimum atomic E-state index is -0.938. The van der Waals surface area contributed by atoms with Gasteiger partial charge in [0.25, 0.3) is 0 Å². The zero-order chi connectivity index (χ0) is 14.3. The Balaban J connectivity index is 4.83. The van der Waals surface area contributed by atoms with E-state index >= 15 is 0 Å². The van der Waals surface area contributed by atoms with Crippen molar-refractivity contribution in [1.29, 1.82) is 0 Å². The van der Waals surface area contributed by atoms with Crippen LogP contribution in [0.1, 0.15) is 47.5 Å². The molecule has 0 aliphatic rings. The van der Waals surface area contributed by atoms with E-state index in [1.807, 2.05) is 13.8 Å². The van der Waals surface area contributed by atoms with E-state index < -0.39 is 11.9 Å². The second-order valence-corrected chi connectivity index (χ2v) is 4.84. The molecule has 18 heavy (non-hydrogen) atoms. The summed E-state index contributed by atoms with van der Waals surface area (Å²) in [5.41, 5.74) is 0. The number of rotatable bonds is 8. The number of ether oxygens (including phenoxy) is 1. The molecule has 0 aromatic carbocycles. The molecule has 0 amide bonds. The second kappa shape index (κ2) is 8.01. The fourth-order valence-corrected chi connectivity index (χ4v) is 1.58. The van der Waals surface area contributed by atoms with Crippen LogP contribution in [-0.4, -0.2) is 24.1 Å². The lowest BCUT2D eigenvalue weighted by molar-refractivity contribution is -0.154. The van der Waals surface area contributed by atoms with Gasteiger partial charge in [0, 0.05) is 18.3 Å². The predicted octanol–water partition coefficient (Wildman–Crippen LogP) is 2.40. The largest absolute Gasteiger partial charge is 0.465 e. The van der Waals surface area contributed by atoms with Crippen LogP contribution in [0.3, 0.4) is 0 Å². The number of carbonyl (C=O) groups excluding carboxylic acids is 3. The number of ketones is 2. The van der Waals surface area contributed by atoms with Crippen molar-refractivity contribution in [2.75, 3.05) is 6.61 Å². The van der Waals surface area contributed by atoms with E-state index in [0.717, 1.165) is 0 Å². The summed E-state index contributed by atoms with van der Waals surface area (Å²) in [5.74, 6) is -2.18. The third-order valence-corrected chi connectivity index (χ3v) is 3.05. The topological polar surface area (TPSA) is 60.4 Å². The number of esters is 1. The molecule has 0 aliphatic carbocycles. The third-order valence-electron chi connectivity index (χ3n) is 3.05. The first kappa shape index (κ1) is 16.8. The van der Waals surface area contributed by atoms with Gasteiger partial charge in [0.15, 0.2) is 0 Å². The lowest BCUT2D eigenvalue weighted by atomic mass is 9.87. The van der Waals surface area contributed by atoms with Gasteiger partial charge in [0.05, 0.1) is 6.61 Å². The quantitative estimate of drug-likeness (QED) is 0.494. The maximum atomic E-state index is 12.0. The van der Waals surface area contributed by atoms with E-state index in [4.69, 9.17) is 4.74 Å². The molecule has 0 N–H and O–H groups in total. The summed E-state index contributed by atoms with van der Waals surface area (Å²) in [4.78, 5) is 35.6. The zero-order valence-corrected chi connectivity index (χ0v) is 12.0. The van der Waals surface area contributed by atoms with Gasteiger partial charge < -0.3 is 4.74 Å². The molecule has 2 atom stereocenters. The Kier molecular flexibility index (Phi) is 7.48. The van der Waals surface area contributed by atoms with Crippen LogP contribution in [0.25, 0.3) is 0 Å². The molecule has 104 valence electrons. The van der Waals surface area contributed by atoms with Crippen molar-refractivity contribution >= 4 is 17.5 Å². The van der Waals surface area contributed by atoms with Crippen molar-refractivity contribution in [3.05, 3.63) is 0 Å². The van der Waals surface area contributed by atoms with Crippen LogP contribution < -0.4 is 0 Å². The van der Waals surface area contributed by atoms with Crippen LogP contribution >= 0.6 is 0 Å². The van der Waals surface area contributed by atoms with Crippen molar-refractivity contribution in [2.24, 2.45) is 17.8 Å². The van der Waals surface area contributed by atoms with E-state index in [1.165, 1.54) is 0 Å². The fourth-order valence-electron chi connectivity index (χ4n) is 1.58. The van der Waals surface area contributed by atoms with Crippen molar-refractivity contribution in [1.82, 2.24) is 0 Å². The smallest absolute Gasteiger partial charge is 0.316 e. The number of hydrogen-bond donors (Lipinski definition) is 0. The lowest BCUT2D eigenvalue weighted by Crippen LogP contribution is -2.32. The molecule has 0 aromatic heterocycles. The first-order chi connectivity index (χ1) is 8.34. The minimum absolute atomic E-state index is 0.0369. The zero-order valence-electron chi connectivity index (χ0n) is 12.0. The monoisotopic (exact) mass is 256 g/mol. The lowest BCUT2D eigenvalue weighted by Gasteiger charge is -2.17. The van der Waals surface area contributed by atoms with Gasteiger partial charge in [-0.3, -0.25) is 14.4 Å². The number of hydrogen-bond acceptors (Lipinski definition) is 4. The highest BCUT2D eigenvalue weighted by Gasteiger charge is 2.32. The van der Waals surface area contributed by atoms with E-state index in [0.29, 0.717) is 6.42 Å². The normalized spacial score (nSPS) is 14.1. The number of carbonyl (C=O) groups is 3. The average Bonchev–Trinajstić information content (AvgIpc) is 2.33. The maximum absolute atomic E-state index is 12.0. The molecule has 0 rings (SSSR count). The molecule has 0 heterocycles. The second-order valence-electron chi connectivity index (χ2n) is 4.84. The average molecular weight is 256 g/mol. The molecule has 0 aromatic rings. The molecule has 0 bridgehead atoms. The summed E-state index contributed by atoms with van der Waals surface area (Å²) in [5, 5.41) is 0. The Morgan fingerprint density at radius 2 is 1.61 bits per heavy atom. The maximum Gasteiger partial charge on any atom is 0.316 e. The summed E-state index contributed by atoms with van der Waals surface area (Å²) < 4.78 is 4.88. The molecule has 4 heteroatoms. The van der Waals surface area contributed by atoms with Gasteiger partial charge in [0.1, 0.15) is 17.5 Å². The van der Waals surface area contributed by atoms with Gasteiger partial charge in [-0.25, -0.2) is 0 Å². The summed E-state index contributed by atoms with van der Waals surface area (Å²) in [6, 6.07) is 0. The van der Waals surface area contributed by atoms with Gasteiger partial charge in [-0.05, 0) is 13.3 Å². The van der Waals surface area contributed by atoms with Gasteiger partial charge >= 0.3 is 5.97 Å². The Hall–Kier alpha value is -1.19. The van der Waals surface area contributed by atoms with E-state index in [-0.39, 0.29) is 36.4 Å². The highest BCUT2D eigenvalue weighted by molar-refractivity contribution is 6.03. The fraction of sp³-hybridized carbons (Fsp3) is 0.786. The predicted molar refractivity (Wildman–Crippen MR) is 69.0 cm³/mol. The SMILES string of the molecule is CCOC(=O)C(CC(=O)C(C)CC)C(=O)C(C)C. The Morgan fingerprint density at radius 1 is 1.06 bits per heavy atom. The third kappa shape index (κ3) is 4.98. The van der Waals surface area contributed by atoms with Crippen LogP contribution in [0.5, 0.6) is 0 Å². The van der Waals surface area contributed by atoms with E-state index in [2.05, 4.69) is 0 Å². The molecule has 0 aliphatic heterocycles. The van der Waals surface area contributed by atoms with Crippen LogP contribution in [0.15, 0.2) is 0 Å². The first-order valence-electron chi connectivity index (χ1n) is 6.58. The highest BCUT2D eigenvalue weighted by atomic mass is 16.5. The van der Waals surface area contributed by atoms with Gasteiger partial charge in [-0.15, -0.1) is 0 Å². The minimum Gasteiger partial charge on any atom is -0.465 e. The molecule has 0 saturated carbocycles. The van der Waals surface area contributed by atoms with Crippen LogP contribution in [0.2, 0.25) is 0 Å². The van der Waals surface area contributed by atoms with Crippen LogP contribution in [0.4, 0.5) is 0 Å². The number of Topliss-reactive ketones (excluding diaryl/α,β-unsaturated/α-hetero) is 2. The first-order valence-corrected chi connectivity index (χ1v) is 6.58. The van der Waals surface area contributed by atoms with Crippen molar-refractivity contribution in [3.8, 4) is 0 Å². The van der Waals surface area contributed by atoms with Crippen LogP contribution in [0, 0.1) is 17.8 Å². The molecule has 0 fully saturated rings. The molecule has 4 nitrogen and oxygen atoms in total. The molecular weight excluding hydrogens is 232 g/mol. The highest BCUT2D eigenvalue weighted by Crippen LogP contribution is 2.17. The summed E-state index contributed by atoms with van der Waals surface area (Å²) in [6.07, 6.45) is 0.676. The van der Waals surface area contributed by atoms with Gasteiger partial charge in [0.2, 0.25) is 0 Å². The van der Waals surface area contributed by atoms with Gasteiger partial charge in [-0.1, -0.05) is 27.7 Å². The Labute approximate surface area is 109 Å². The van der Waals surface area contributed by atoms with Crippen LogP contribution in [-0.2, 0) is 19.1 Å². The molecule has 0 radical (unpaired) electrons. The summed E-state index contributed by atoms with van der Waals surface area (Å²) >= 11 is 0. The summed E-state index contributed by atoms with van der Waals surface area (Å²) in [6.45, 7) is 9.07. The molecule has 0 saturated heterocycles. The van der Waals surface area contributed by atoms with Crippen molar-refractivity contribution in [2.45, 2.75) is 47.5 Å². The Morgan fingerprint density at radius 3 is 2.00 bits per heavy atom. The summed E-state index contributed by atoms with van der Waals surface area (Å²) in [7, 11) is 0. The standard InChI is InChI=1S/C14H24O4/c1-6-10(5)12(15)8-11(13(16)9(3)4)14(17)18-7-2/h9-11H,6-8H2,1-5H3. The van der Waals surface area contributed by atoms with E-state index in [1.54, 1.807) is 20.8 Å². The molecule has 0 spiro atoms. The van der Waals surface area contributed by atoms with Gasteiger partial charge in [-0.2, -0.15) is 0 Å². The Bertz CT molecular complexity index is 307. The molecular formula is C14H24O4. The van der Waals surface area contributed by atoms with E-state index in [9.17, 15) is 14.4 Å². The van der Waals surface area contributed by atoms with Crippen molar-refractivity contribution < 1.29 is 19.1 Å². The molecule has 2 unspecified atom stereocenters. The van der Waals surface area contributed by atoms with Crippen molar-refractivity contribution in [3.63, 3.8) is 0 Å².